The smallest absolute Gasteiger partial charge is 0.256 e. The van der Waals surface area contributed by atoms with Gasteiger partial charge in [-0.2, -0.15) is 0 Å². The third kappa shape index (κ3) is 6.90. The Morgan fingerprint density at radius 2 is 1.30 bits per heavy atom. The quantitative estimate of drug-likeness (QED) is 0.0952. The van der Waals surface area contributed by atoms with Gasteiger partial charge in [0, 0.05) is 17.5 Å². The van der Waals surface area contributed by atoms with E-state index in [1.807, 2.05) is 91.0 Å². The van der Waals surface area contributed by atoms with Crippen molar-refractivity contribution in [1.29, 1.82) is 0 Å². The number of benzene rings is 5. The van der Waals surface area contributed by atoms with E-state index in [4.69, 9.17) is 18.9 Å². The molecule has 0 saturated carbocycles. The molecule has 2 N–H and O–H groups in total. The minimum atomic E-state index is -1.81. The van der Waals surface area contributed by atoms with Crippen LogP contribution in [0.25, 0.3) is 11.2 Å². The van der Waals surface area contributed by atoms with Crippen LogP contribution >= 0.6 is 0 Å². The molecule has 7 aromatic rings. The van der Waals surface area contributed by atoms with Crippen molar-refractivity contribution in [2.45, 2.75) is 30.0 Å². The monoisotopic (exact) mass is 761 g/mol. The molecule has 1 saturated heterocycles. The molecule has 1 aliphatic heterocycles. The number of imidazole rings is 1. The van der Waals surface area contributed by atoms with Gasteiger partial charge in [-0.15, -0.1) is 0 Å². The van der Waals surface area contributed by atoms with Crippen LogP contribution < -0.4 is 14.8 Å². The zero-order valence-electron chi connectivity index (χ0n) is 31.2. The molecule has 0 aliphatic carbocycles. The van der Waals surface area contributed by atoms with E-state index in [0.29, 0.717) is 22.6 Å². The number of hydrogen-bond donors (Lipinski definition) is 2. The lowest BCUT2D eigenvalue weighted by Gasteiger charge is -2.37. The van der Waals surface area contributed by atoms with Gasteiger partial charge >= 0.3 is 0 Å². The molecule has 12 nitrogen and oxygen atoms in total. The summed E-state index contributed by atoms with van der Waals surface area (Å²) in [5, 5.41) is 14.7. The molecule has 0 bridgehead atoms. The number of carbonyl (C=O) groups excluding carboxylic acids is 2. The molecule has 1 amide bonds. The number of rotatable bonds is 13. The Labute approximate surface area is 328 Å². The minimum absolute atomic E-state index is 0.141. The maximum Gasteiger partial charge on any atom is 0.256 e. The fourth-order valence-electron chi connectivity index (χ4n) is 7.40. The largest absolute Gasteiger partial charge is 0.497 e. The Kier molecular flexibility index (Phi) is 10.3. The Morgan fingerprint density at radius 1 is 0.754 bits per heavy atom. The van der Waals surface area contributed by atoms with E-state index in [2.05, 4.69) is 20.3 Å². The predicted octanol–water partition coefficient (Wildman–Crippen LogP) is 6.79. The third-order valence-corrected chi connectivity index (χ3v) is 10.3. The highest BCUT2D eigenvalue weighted by Crippen LogP contribution is 2.45. The average molecular weight is 762 g/mol. The van der Waals surface area contributed by atoms with Crippen molar-refractivity contribution in [3.63, 3.8) is 0 Å². The number of aliphatic hydroxyl groups is 1. The van der Waals surface area contributed by atoms with Crippen molar-refractivity contribution in [2.24, 2.45) is 0 Å². The number of amides is 1. The zero-order chi connectivity index (χ0) is 39.4. The molecule has 0 spiro atoms. The standard InChI is InChI=1S/C45H39N5O7/c1-54-35-22-18-33(19-23-35)45(32-16-10-5-11-17-32,34-20-24-36(55-2)25-21-34)56-27-38-37(51)26-44(57-38,40(52)30-12-6-3-7-13-30)50-29-48-39-41(46-28-47-42(39)50)49-43(53)31-14-8-4-9-15-31/h3-25,28-29,37-38,51H,26-27H2,1-2H3,(H,46,47,49,53)/t37-,38+,44-/m0/s1. The number of carbonyl (C=O) groups is 2. The first kappa shape index (κ1) is 37.2. The number of aliphatic hydroxyl groups excluding tert-OH is 1. The lowest BCUT2D eigenvalue weighted by atomic mass is 9.80. The minimum Gasteiger partial charge on any atom is -0.497 e. The van der Waals surface area contributed by atoms with Crippen LogP contribution in [0.3, 0.4) is 0 Å². The lowest BCUT2D eigenvalue weighted by molar-refractivity contribution is -0.119. The average Bonchev–Trinajstić information content (AvgIpc) is 3.87. The van der Waals surface area contributed by atoms with Gasteiger partial charge in [0.25, 0.3) is 5.91 Å². The van der Waals surface area contributed by atoms with Crippen molar-refractivity contribution in [3.8, 4) is 11.5 Å². The van der Waals surface area contributed by atoms with Crippen LogP contribution in [0.4, 0.5) is 5.82 Å². The predicted molar refractivity (Wildman–Crippen MR) is 212 cm³/mol. The van der Waals surface area contributed by atoms with Crippen LogP contribution in [0.15, 0.2) is 152 Å². The topological polar surface area (TPSA) is 147 Å². The van der Waals surface area contributed by atoms with E-state index in [9.17, 15) is 14.7 Å². The summed E-state index contributed by atoms with van der Waals surface area (Å²) in [5.41, 5.74) is 0.634. The van der Waals surface area contributed by atoms with Crippen LogP contribution in [0.2, 0.25) is 0 Å². The molecule has 8 rings (SSSR count). The second-order valence-electron chi connectivity index (χ2n) is 13.6. The number of nitrogens with one attached hydrogen (secondary N) is 1. The van der Waals surface area contributed by atoms with Crippen LogP contribution in [0.5, 0.6) is 11.5 Å². The van der Waals surface area contributed by atoms with Crippen LogP contribution in [0.1, 0.15) is 43.8 Å². The van der Waals surface area contributed by atoms with Gasteiger partial charge < -0.3 is 29.4 Å². The first-order chi connectivity index (χ1) is 27.9. The second-order valence-corrected chi connectivity index (χ2v) is 13.6. The molecule has 286 valence electrons. The summed E-state index contributed by atoms with van der Waals surface area (Å²) in [5.74, 6) is 0.694. The van der Waals surface area contributed by atoms with Gasteiger partial charge in [0.15, 0.2) is 17.0 Å². The van der Waals surface area contributed by atoms with E-state index < -0.39 is 29.3 Å². The molecule has 0 radical (unpaired) electrons. The Morgan fingerprint density at radius 3 is 1.88 bits per heavy atom. The van der Waals surface area contributed by atoms with Crippen molar-refractivity contribution >= 4 is 28.7 Å². The molecule has 57 heavy (non-hydrogen) atoms. The molecule has 3 atom stereocenters. The normalized spacial score (nSPS) is 17.9. The number of fused-ring (bicyclic) bond motifs is 1. The number of methoxy groups -OCH3 is 2. The van der Waals surface area contributed by atoms with Gasteiger partial charge in [-0.3, -0.25) is 14.2 Å². The van der Waals surface area contributed by atoms with E-state index in [-0.39, 0.29) is 35.9 Å². The molecule has 1 aliphatic rings. The fraction of sp³-hybridized carbons (Fsp3) is 0.178. The summed E-state index contributed by atoms with van der Waals surface area (Å²) in [4.78, 5) is 41.3. The lowest BCUT2D eigenvalue weighted by Crippen LogP contribution is -2.43. The molecular formula is C45H39N5O7. The first-order valence-corrected chi connectivity index (χ1v) is 18.4. The molecular weight excluding hydrogens is 723 g/mol. The highest BCUT2D eigenvalue weighted by molar-refractivity contribution is 6.07. The van der Waals surface area contributed by atoms with E-state index >= 15 is 0 Å². The number of ether oxygens (including phenoxy) is 4. The summed E-state index contributed by atoms with van der Waals surface area (Å²) < 4.78 is 26.4. The van der Waals surface area contributed by atoms with Gasteiger partial charge in [-0.25, -0.2) is 15.0 Å². The second kappa shape index (κ2) is 15.8. The fourth-order valence-corrected chi connectivity index (χ4v) is 7.40. The van der Waals surface area contributed by atoms with Gasteiger partial charge in [-0.1, -0.05) is 103 Å². The number of aromatic nitrogens is 4. The summed E-state index contributed by atoms with van der Waals surface area (Å²) in [6.07, 6.45) is 0.380. The van der Waals surface area contributed by atoms with Crippen molar-refractivity contribution in [2.75, 3.05) is 26.1 Å². The molecule has 12 heteroatoms. The van der Waals surface area contributed by atoms with Gasteiger partial charge in [-0.05, 0) is 53.1 Å². The number of anilines is 1. The molecule has 2 aromatic heterocycles. The van der Waals surface area contributed by atoms with E-state index in [1.165, 1.54) is 17.2 Å². The van der Waals surface area contributed by atoms with E-state index in [0.717, 1.165) is 16.7 Å². The summed E-state index contributed by atoms with van der Waals surface area (Å²) in [6, 6.07) is 42.4. The highest BCUT2D eigenvalue weighted by Gasteiger charge is 2.54. The molecule has 3 heterocycles. The SMILES string of the molecule is COc1ccc(C(OC[C@H]2O[C@@](C(=O)c3ccccc3)(n3cnc4c(NC(=O)c5ccccc5)ncnc43)C[C@@H]2O)(c2ccccc2)c2ccc(OC)cc2)cc1. The summed E-state index contributed by atoms with van der Waals surface area (Å²) in [7, 11) is 3.22. The van der Waals surface area contributed by atoms with Crippen LogP contribution in [0, 0.1) is 0 Å². The van der Waals surface area contributed by atoms with Crippen LogP contribution in [-0.4, -0.2) is 69.4 Å². The van der Waals surface area contributed by atoms with Gasteiger partial charge in [0.1, 0.15) is 29.5 Å². The number of hydrogen-bond acceptors (Lipinski definition) is 10. The number of Topliss-reactive ketones (excluding diaryl/α,β-unsaturated/α-hetero) is 1. The molecule has 0 unspecified atom stereocenters. The van der Waals surface area contributed by atoms with Crippen molar-refractivity contribution < 1.29 is 33.6 Å². The van der Waals surface area contributed by atoms with Gasteiger partial charge in [0.2, 0.25) is 11.5 Å². The van der Waals surface area contributed by atoms with Crippen LogP contribution in [-0.2, 0) is 20.8 Å². The Hall–Kier alpha value is -6.73. The van der Waals surface area contributed by atoms with Crippen molar-refractivity contribution in [3.05, 3.63) is 180 Å². The highest BCUT2D eigenvalue weighted by atomic mass is 16.6. The van der Waals surface area contributed by atoms with Crippen molar-refractivity contribution in [1.82, 2.24) is 19.5 Å². The maximum absolute atomic E-state index is 14.8. The number of ketones is 1. The number of nitrogens with zero attached hydrogens (tertiary/aromatic N) is 4. The summed E-state index contributed by atoms with van der Waals surface area (Å²) >= 11 is 0. The molecule has 1 fully saturated rings. The zero-order valence-corrected chi connectivity index (χ0v) is 31.2. The maximum atomic E-state index is 14.8. The molecule has 5 aromatic carbocycles. The third-order valence-electron chi connectivity index (χ3n) is 10.3. The summed E-state index contributed by atoms with van der Waals surface area (Å²) in [6.45, 7) is -0.141. The van der Waals surface area contributed by atoms with E-state index in [1.54, 1.807) is 62.8 Å². The Bertz CT molecular complexity index is 2430. The first-order valence-electron chi connectivity index (χ1n) is 18.4. The Balaban J connectivity index is 1.20. The van der Waals surface area contributed by atoms with Gasteiger partial charge in [0.05, 0.1) is 33.3 Å².